The van der Waals surface area contributed by atoms with Gasteiger partial charge >= 0.3 is 11.4 Å². The third-order valence-electron chi connectivity index (χ3n) is 4.08. The summed E-state index contributed by atoms with van der Waals surface area (Å²) >= 11 is 0. The molecule has 0 bridgehead atoms. The standard InChI is InChI=1S/C19H15NO5/c1-12-10-18(21)24-17-11-13(6-7-14(12)17)23-9-8-20-15-4-2-3-5-16(15)25-19(20)22/h2-7,10-11H,8-9H2,1H3. The summed E-state index contributed by atoms with van der Waals surface area (Å²) in [5, 5.41) is 0.865. The normalized spacial score (nSPS) is 11.2. The van der Waals surface area contributed by atoms with Gasteiger partial charge in [0.25, 0.3) is 0 Å². The van der Waals surface area contributed by atoms with Gasteiger partial charge in [0.15, 0.2) is 5.58 Å². The van der Waals surface area contributed by atoms with E-state index in [1.54, 1.807) is 12.1 Å². The van der Waals surface area contributed by atoms with Crippen molar-refractivity contribution in [2.24, 2.45) is 0 Å². The smallest absolute Gasteiger partial charge is 0.420 e. The molecule has 0 aliphatic rings. The zero-order valence-electron chi connectivity index (χ0n) is 13.5. The van der Waals surface area contributed by atoms with Crippen LogP contribution in [0.4, 0.5) is 0 Å². The highest BCUT2D eigenvalue weighted by atomic mass is 16.5. The maximum Gasteiger partial charge on any atom is 0.420 e. The van der Waals surface area contributed by atoms with Gasteiger partial charge in [0.05, 0.1) is 12.1 Å². The first-order valence-electron chi connectivity index (χ1n) is 7.87. The van der Waals surface area contributed by atoms with Crippen LogP contribution >= 0.6 is 0 Å². The molecule has 2 aromatic heterocycles. The average Bonchev–Trinajstić information content (AvgIpc) is 2.90. The van der Waals surface area contributed by atoms with Crippen LogP contribution in [0, 0.1) is 6.92 Å². The Labute approximate surface area is 141 Å². The topological polar surface area (TPSA) is 74.6 Å². The van der Waals surface area contributed by atoms with Crippen molar-refractivity contribution in [3.8, 4) is 5.75 Å². The van der Waals surface area contributed by atoms with E-state index in [9.17, 15) is 9.59 Å². The minimum Gasteiger partial charge on any atom is -0.492 e. The van der Waals surface area contributed by atoms with Gasteiger partial charge in [-0.15, -0.1) is 0 Å². The highest BCUT2D eigenvalue weighted by Gasteiger charge is 2.09. The third kappa shape index (κ3) is 2.82. The lowest BCUT2D eigenvalue weighted by molar-refractivity contribution is 0.294. The lowest BCUT2D eigenvalue weighted by Crippen LogP contribution is -2.18. The summed E-state index contributed by atoms with van der Waals surface area (Å²) in [6.45, 7) is 2.49. The average molecular weight is 337 g/mol. The molecular formula is C19H15NO5. The first-order valence-corrected chi connectivity index (χ1v) is 7.87. The van der Waals surface area contributed by atoms with E-state index in [0.29, 0.717) is 23.5 Å². The molecule has 0 saturated carbocycles. The van der Waals surface area contributed by atoms with Crippen LogP contribution in [-0.4, -0.2) is 11.2 Å². The van der Waals surface area contributed by atoms with E-state index >= 15 is 0 Å². The minimum atomic E-state index is -0.412. The Balaban J connectivity index is 1.55. The molecule has 0 radical (unpaired) electrons. The molecule has 0 aliphatic carbocycles. The number of aryl methyl sites for hydroxylation is 1. The van der Waals surface area contributed by atoms with Crippen LogP contribution in [0.5, 0.6) is 5.75 Å². The van der Waals surface area contributed by atoms with Crippen molar-refractivity contribution in [1.29, 1.82) is 0 Å². The Morgan fingerprint density at radius 1 is 1.00 bits per heavy atom. The fourth-order valence-electron chi connectivity index (χ4n) is 2.88. The van der Waals surface area contributed by atoms with Crippen LogP contribution in [0.15, 0.2) is 67.0 Å². The summed E-state index contributed by atoms with van der Waals surface area (Å²) < 4.78 is 17.6. The first-order chi connectivity index (χ1) is 12.1. The Morgan fingerprint density at radius 3 is 2.72 bits per heavy atom. The van der Waals surface area contributed by atoms with E-state index in [2.05, 4.69) is 0 Å². The highest BCUT2D eigenvalue weighted by Crippen LogP contribution is 2.22. The predicted octanol–water partition coefficient (Wildman–Crippen LogP) is 3.09. The number of hydrogen-bond donors (Lipinski definition) is 0. The van der Waals surface area contributed by atoms with Crippen LogP contribution in [-0.2, 0) is 6.54 Å². The van der Waals surface area contributed by atoms with Crippen LogP contribution < -0.4 is 16.1 Å². The fourth-order valence-corrected chi connectivity index (χ4v) is 2.88. The maximum atomic E-state index is 11.9. The Kier molecular flexibility index (Phi) is 3.65. The first kappa shape index (κ1) is 15.3. The zero-order chi connectivity index (χ0) is 17.4. The molecule has 6 nitrogen and oxygen atoms in total. The molecular weight excluding hydrogens is 322 g/mol. The number of oxazole rings is 1. The van der Waals surface area contributed by atoms with Gasteiger partial charge in [-0.05, 0) is 36.8 Å². The summed E-state index contributed by atoms with van der Waals surface area (Å²) in [4.78, 5) is 23.4. The van der Waals surface area contributed by atoms with Crippen LogP contribution in [0.2, 0.25) is 0 Å². The lowest BCUT2D eigenvalue weighted by Gasteiger charge is -2.08. The van der Waals surface area contributed by atoms with E-state index in [0.717, 1.165) is 16.5 Å². The summed E-state index contributed by atoms with van der Waals surface area (Å²) in [7, 11) is 0. The summed E-state index contributed by atoms with van der Waals surface area (Å²) in [6.07, 6.45) is 0. The lowest BCUT2D eigenvalue weighted by atomic mass is 10.1. The quantitative estimate of drug-likeness (QED) is 0.535. The molecule has 2 aromatic carbocycles. The molecule has 25 heavy (non-hydrogen) atoms. The van der Waals surface area contributed by atoms with Crippen molar-refractivity contribution in [1.82, 2.24) is 4.57 Å². The second-order valence-corrected chi connectivity index (χ2v) is 5.74. The van der Waals surface area contributed by atoms with Crippen molar-refractivity contribution >= 4 is 22.1 Å². The van der Waals surface area contributed by atoms with Crippen molar-refractivity contribution in [3.05, 3.63) is 75.1 Å². The van der Waals surface area contributed by atoms with E-state index < -0.39 is 11.4 Å². The van der Waals surface area contributed by atoms with Gasteiger partial charge < -0.3 is 13.6 Å². The van der Waals surface area contributed by atoms with Gasteiger partial charge in [-0.1, -0.05) is 12.1 Å². The van der Waals surface area contributed by atoms with Gasteiger partial charge in [0.2, 0.25) is 0 Å². The third-order valence-corrected chi connectivity index (χ3v) is 4.08. The maximum absolute atomic E-state index is 11.9. The van der Waals surface area contributed by atoms with Crippen LogP contribution in [0.25, 0.3) is 22.1 Å². The number of nitrogens with zero attached hydrogens (tertiary/aromatic N) is 1. The molecule has 2 heterocycles. The number of fused-ring (bicyclic) bond motifs is 2. The number of aromatic nitrogens is 1. The number of para-hydroxylation sites is 2. The van der Waals surface area contributed by atoms with Crippen molar-refractivity contribution in [3.63, 3.8) is 0 Å². The molecule has 0 amide bonds. The second kappa shape index (κ2) is 5.98. The van der Waals surface area contributed by atoms with Crippen LogP contribution in [0.3, 0.4) is 0 Å². The highest BCUT2D eigenvalue weighted by molar-refractivity contribution is 5.81. The molecule has 0 fully saturated rings. The van der Waals surface area contributed by atoms with Gasteiger partial charge in [-0.2, -0.15) is 0 Å². The minimum absolute atomic E-state index is 0.283. The zero-order valence-corrected chi connectivity index (χ0v) is 13.5. The van der Waals surface area contributed by atoms with E-state index in [4.69, 9.17) is 13.6 Å². The molecule has 0 atom stereocenters. The van der Waals surface area contributed by atoms with Crippen molar-refractivity contribution < 1.29 is 13.6 Å². The molecule has 4 aromatic rings. The Hall–Kier alpha value is -3.28. The number of ether oxygens (including phenoxy) is 1. The number of hydrogen-bond acceptors (Lipinski definition) is 5. The molecule has 0 unspecified atom stereocenters. The largest absolute Gasteiger partial charge is 0.492 e. The molecule has 0 saturated heterocycles. The van der Waals surface area contributed by atoms with Crippen molar-refractivity contribution in [2.75, 3.05) is 6.61 Å². The van der Waals surface area contributed by atoms with E-state index in [-0.39, 0.29) is 6.61 Å². The summed E-state index contributed by atoms with van der Waals surface area (Å²) in [6, 6.07) is 14.0. The van der Waals surface area contributed by atoms with Gasteiger partial charge in [-0.25, -0.2) is 9.59 Å². The Bertz CT molecular complexity index is 1180. The van der Waals surface area contributed by atoms with Gasteiger partial charge in [-0.3, -0.25) is 4.57 Å². The van der Waals surface area contributed by atoms with Gasteiger partial charge in [0.1, 0.15) is 17.9 Å². The summed E-state index contributed by atoms with van der Waals surface area (Å²) in [5.41, 5.74) is 2.23. The number of benzene rings is 2. The monoisotopic (exact) mass is 337 g/mol. The fraction of sp³-hybridized carbons (Fsp3) is 0.158. The molecule has 4 rings (SSSR count). The predicted molar refractivity (Wildman–Crippen MR) is 93.2 cm³/mol. The molecule has 6 heteroatoms. The van der Waals surface area contributed by atoms with Gasteiger partial charge in [0, 0.05) is 17.5 Å². The molecule has 0 aliphatic heterocycles. The molecule has 126 valence electrons. The van der Waals surface area contributed by atoms with Crippen molar-refractivity contribution in [2.45, 2.75) is 13.5 Å². The number of rotatable bonds is 4. The Morgan fingerprint density at radius 2 is 1.84 bits per heavy atom. The molecule has 0 spiro atoms. The van der Waals surface area contributed by atoms with Crippen LogP contribution in [0.1, 0.15) is 5.56 Å². The second-order valence-electron chi connectivity index (χ2n) is 5.74. The van der Waals surface area contributed by atoms with E-state index in [1.165, 1.54) is 10.6 Å². The SMILES string of the molecule is Cc1cc(=O)oc2cc(OCCn3c(=O)oc4ccccc43)ccc12. The molecule has 0 N–H and O–H groups in total. The summed E-state index contributed by atoms with van der Waals surface area (Å²) in [5.74, 6) is 0.159. The van der Waals surface area contributed by atoms with E-state index in [1.807, 2.05) is 37.3 Å².